The van der Waals surface area contributed by atoms with Crippen LogP contribution in [0.15, 0.2) is 36.0 Å². The zero-order valence-corrected chi connectivity index (χ0v) is 17.0. The maximum Gasteiger partial charge on any atom is 0.417 e. The molecule has 1 aliphatic rings. The Kier molecular flexibility index (Phi) is 9.58. The first kappa shape index (κ1) is 25.4. The van der Waals surface area contributed by atoms with Crippen molar-refractivity contribution in [3.63, 3.8) is 0 Å². The molecule has 0 saturated heterocycles. The average Bonchev–Trinajstić information content (AvgIpc) is 2.58. The molecule has 1 amide bonds. The maximum absolute atomic E-state index is 12.6. The molecular formula is C21H32F3NO4. The van der Waals surface area contributed by atoms with Crippen LogP contribution in [0.1, 0.15) is 52.4 Å². The Morgan fingerprint density at radius 3 is 2.66 bits per heavy atom. The number of aliphatic hydroxyl groups excluding tert-OH is 2. The topological polar surface area (TPSA) is 89.8 Å². The normalized spacial score (nSPS) is 25.2. The third-order valence-electron chi connectivity index (χ3n) is 5.03. The zero-order valence-electron chi connectivity index (χ0n) is 17.0. The number of aliphatic hydroxyl groups is 3. The van der Waals surface area contributed by atoms with Crippen LogP contribution in [0.5, 0.6) is 0 Å². The fourth-order valence-corrected chi connectivity index (χ4v) is 2.99. The van der Waals surface area contributed by atoms with Crippen molar-refractivity contribution in [2.75, 3.05) is 6.54 Å². The Labute approximate surface area is 170 Å². The Hall–Kier alpha value is -1.64. The molecule has 4 atom stereocenters. The Balaban J connectivity index is 2.28. The van der Waals surface area contributed by atoms with Crippen molar-refractivity contribution >= 4 is 5.91 Å². The van der Waals surface area contributed by atoms with E-state index in [1.165, 1.54) is 0 Å². The van der Waals surface area contributed by atoms with Gasteiger partial charge in [-0.05, 0) is 49.7 Å². The van der Waals surface area contributed by atoms with Gasteiger partial charge in [0.15, 0.2) is 5.60 Å². The number of alkyl halides is 3. The van der Waals surface area contributed by atoms with Crippen molar-refractivity contribution in [1.82, 2.24) is 5.32 Å². The highest BCUT2D eigenvalue weighted by molar-refractivity contribution is 5.77. The Bertz CT molecular complexity index is 626. The van der Waals surface area contributed by atoms with E-state index in [-0.39, 0.29) is 12.5 Å². The number of rotatable bonds is 9. The molecule has 0 aliphatic heterocycles. The van der Waals surface area contributed by atoms with E-state index in [0.29, 0.717) is 25.3 Å². The standard InChI is InChI=1S/C21H32F3NO4/c1-14(13-25-19(28)12-20(3,29)21(22,23)24)8-6-4-5-7-9-16-10-17(26)11-18(27)15(16)2/h5,7,9,14,17-18,26-27,29H,2,4,6,8,10-13H2,1,3H3,(H,25,28)/b7-5+,16-9-/t14-,17-,18+,20+/m1/s1. The molecule has 166 valence electrons. The minimum atomic E-state index is -4.85. The number of hydrogen-bond acceptors (Lipinski definition) is 4. The number of carbonyl (C=O) groups is 1. The van der Waals surface area contributed by atoms with Gasteiger partial charge in [0, 0.05) is 13.0 Å². The van der Waals surface area contributed by atoms with Gasteiger partial charge in [0.1, 0.15) is 0 Å². The van der Waals surface area contributed by atoms with Gasteiger partial charge >= 0.3 is 6.18 Å². The smallest absolute Gasteiger partial charge is 0.393 e. The lowest BCUT2D eigenvalue weighted by atomic mass is 9.86. The van der Waals surface area contributed by atoms with Crippen LogP contribution >= 0.6 is 0 Å². The molecule has 4 N–H and O–H groups in total. The predicted molar refractivity (Wildman–Crippen MR) is 105 cm³/mol. The molecule has 8 heteroatoms. The van der Waals surface area contributed by atoms with E-state index in [1.54, 1.807) is 0 Å². The average molecular weight is 419 g/mol. The lowest BCUT2D eigenvalue weighted by Crippen LogP contribution is -2.46. The van der Waals surface area contributed by atoms with E-state index >= 15 is 0 Å². The summed E-state index contributed by atoms with van der Waals surface area (Å²) in [5, 5.41) is 31.2. The summed E-state index contributed by atoms with van der Waals surface area (Å²) in [4.78, 5) is 11.6. The highest BCUT2D eigenvalue weighted by atomic mass is 19.4. The minimum Gasteiger partial charge on any atom is -0.393 e. The molecule has 0 radical (unpaired) electrons. The first-order valence-corrected chi connectivity index (χ1v) is 9.80. The zero-order chi connectivity index (χ0) is 22.2. The molecule has 0 spiro atoms. The lowest BCUT2D eigenvalue weighted by Gasteiger charge is -2.26. The SMILES string of the molecule is C=C1/C(=C\C=C\CCC[C@@H](C)CNC(=O)C[C@](C)(O)C(F)(F)F)C[C@@H](O)C[C@@H]1O. The second kappa shape index (κ2) is 10.9. The van der Waals surface area contributed by atoms with Crippen molar-refractivity contribution in [3.05, 3.63) is 36.0 Å². The van der Waals surface area contributed by atoms with Crippen molar-refractivity contribution in [2.24, 2.45) is 5.92 Å². The quantitative estimate of drug-likeness (QED) is 0.432. The first-order chi connectivity index (χ1) is 13.3. The fourth-order valence-electron chi connectivity index (χ4n) is 2.99. The Morgan fingerprint density at radius 2 is 2.03 bits per heavy atom. The predicted octanol–water partition coefficient (Wildman–Crippen LogP) is 3.17. The van der Waals surface area contributed by atoms with Crippen LogP contribution in [0.25, 0.3) is 0 Å². The summed E-state index contributed by atoms with van der Waals surface area (Å²) in [6, 6.07) is 0. The van der Waals surface area contributed by atoms with Crippen LogP contribution in [-0.2, 0) is 4.79 Å². The lowest BCUT2D eigenvalue weighted by molar-refractivity contribution is -0.253. The summed E-state index contributed by atoms with van der Waals surface area (Å²) >= 11 is 0. The van der Waals surface area contributed by atoms with Gasteiger partial charge in [0.05, 0.1) is 18.6 Å². The molecule has 0 bridgehead atoms. The highest BCUT2D eigenvalue weighted by Crippen LogP contribution is 2.32. The van der Waals surface area contributed by atoms with E-state index in [4.69, 9.17) is 0 Å². The van der Waals surface area contributed by atoms with Crippen LogP contribution in [0.2, 0.25) is 0 Å². The fraction of sp³-hybridized carbons (Fsp3) is 0.667. The number of hydrogen-bond donors (Lipinski definition) is 4. The van der Waals surface area contributed by atoms with Crippen LogP contribution in [0.4, 0.5) is 13.2 Å². The van der Waals surface area contributed by atoms with E-state index < -0.39 is 36.3 Å². The van der Waals surface area contributed by atoms with Gasteiger partial charge < -0.3 is 20.6 Å². The molecule has 1 saturated carbocycles. The molecule has 1 aliphatic carbocycles. The van der Waals surface area contributed by atoms with Gasteiger partial charge in [0.25, 0.3) is 0 Å². The summed E-state index contributed by atoms with van der Waals surface area (Å²) in [5.74, 6) is -0.743. The van der Waals surface area contributed by atoms with Crippen LogP contribution in [-0.4, -0.2) is 51.8 Å². The van der Waals surface area contributed by atoms with Gasteiger partial charge in [-0.2, -0.15) is 13.2 Å². The molecule has 0 aromatic carbocycles. The van der Waals surface area contributed by atoms with Gasteiger partial charge in [0.2, 0.25) is 5.91 Å². The summed E-state index contributed by atoms with van der Waals surface area (Å²) in [6.45, 7) is 6.57. The summed E-state index contributed by atoms with van der Waals surface area (Å²) in [6.07, 6.45) is 1.68. The van der Waals surface area contributed by atoms with Crippen LogP contribution in [0.3, 0.4) is 0 Å². The summed E-state index contributed by atoms with van der Waals surface area (Å²) in [5.41, 5.74) is -1.57. The van der Waals surface area contributed by atoms with Crippen LogP contribution < -0.4 is 5.32 Å². The van der Waals surface area contributed by atoms with Crippen molar-refractivity contribution in [3.8, 4) is 0 Å². The van der Waals surface area contributed by atoms with E-state index in [9.17, 15) is 33.3 Å². The summed E-state index contributed by atoms with van der Waals surface area (Å²) < 4.78 is 37.7. The van der Waals surface area contributed by atoms with Gasteiger partial charge in [-0.3, -0.25) is 4.79 Å². The molecule has 0 unspecified atom stereocenters. The van der Waals surface area contributed by atoms with Crippen molar-refractivity contribution < 1.29 is 33.3 Å². The largest absolute Gasteiger partial charge is 0.417 e. The highest BCUT2D eigenvalue weighted by Gasteiger charge is 2.50. The molecule has 0 aromatic heterocycles. The van der Waals surface area contributed by atoms with Gasteiger partial charge in [-0.25, -0.2) is 0 Å². The number of carbonyl (C=O) groups excluding carboxylic acids is 1. The minimum absolute atomic E-state index is 0.0879. The van der Waals surface area contributed by atoms with Gasteiger partial charge in [-0.1, -0.05) is 31.7 Å². The molecule has 0 heterocycles. The number of unbranched alkanes of at least 4 members (excludes halogenated alkanes) is 1. The second-order valence-electron chi connectivity index (χ2n) is 8.04. The first-order valence-electron chi connectivity index (χ1n) is 9.80. The molecule has 5 nitrogen and oxygen atoms in total. The third-order valence-corrected chi connectivity index (χ3v) is 5.03. The molecular weight excluding hydrogens is 387 g/mol. The second-order valence-corrected chi connectivity index (χ2v) is 8.04. The molecule has 1 fully saturated rings. The van der Waals surface area contributed by atoms with E-state index in [2.05, 4.69) is 11.9 Å². The number of halogens is 3. The van der Waals surface area contributed by atoms with Crippen molar-refractivity contribution in [1.29, 1.82) is 0 Å². The number of nitrogens with one attached hydrogen (secondary N) is 1. The molecule has 1 rings (SSSR count). The monoisotopic (exact) mass is 419 g/mol. The molecule has 0 aromatic rings. The van der Waals surface area contributed by atoms with Gasteiger partial charge in [-0.15, -0.1) is 0 Å². The van der Waals surface area contributed by atoms with E-state index in [0.717, 1.165) is 24.8 Å². The van der Waals surface area contributed by atoms with Crippen molar-refractivity contribution in [2.45, 2.75) is 76.4 Å². The van der Waals surface area contributed by atoms with Crippen LogP contribution in [0, 0.1) is 5.92 Å². The molecule has 29 heavy (non-hydrogen) atoms. The number of amides is 1. The summed E-state index contributed by atoms with van der Waals surface area (Å²) in [7, 11) is 0. The maximum atomic E-state index is 12.6. The third kappa shape index (κ3) is 8.72. The van der Waals surface area contributed by atoms with E-state index in [1.807, 2.05) is 25.2 Å². The number of allylic oxidation sites excluding steroid dienone is 3. The Morgan fingerprint density at radius 1 is 1.38 bits per heavy atom.